The maximum Gasteiger partial charge on any atom is 0.573 e. The average molecular weight is 355 g/mol. The minimum absolute atomic E-state index is 0.208. The molecule has 0 radical (unpaired) electrons. The number of alkyl halides is 3. The predicted molar refractivity (Wildman–Crippen MR) is 69.9 cm³/mol. The van der Waals surface area contributed by atoms with Crippen molar-refractivity contribution in [3.05, 3.63) is 22.7 Å². The molecule has 20 heavy (non-hydrogen) atoms. The van der Waals surface area contributed by atoms with Crippen LogP contribution in [0.2, 0.25) is 0 Å². The lowest BCUT2D eigenvalue weighted by Crippen LogP contribution is -2.21. The van der Waals surface area contributed by atoms with Gasteiger partial charge in [-0.1, -0.05) is 0 Å². The van der Waals surface area contributed by atoms with Crippen LogP contribution >= 0.6 is 15.9 Å². The maximum atomic E-state index is 12.1. The zero-order chi connectivity index (χ0) is 14.6. The summed E-state index contributed by atoms with van der Waals surface area (Å²) in [5, 5.41) is 0. The van der Waals surface area contributed by atoms with Gasteiger partial charge in [-0.3, -0.25) is 0 Å². The van der Waals surface area contributed by atoms with Gasteiger partial charge in [-0.15, -0.1) is 13.2 Å². The van der Waals surface area contributed by atoms with Crippen molar-refractivity contribution in [2.24, 2.45) is 5.92 Å². The van der Waals surface area contributed by atoms with Gasteiger partial charge in [-0.05, 0) is 52.9 Å². The first-order chi connectivity index (χ1) is 9.44. The Bertz CT molecular complexity index is 445. The fourth-order valence-electron chi connectivity index (χ4n) is 1.91. The molecule has 1 saturated heterocycles. The number of hydrogen-bond donors (Lipinski definition) is 0. The van der Waals surface area contributed by atoms with Crippen molar-refractivity contribution in [2.75, 3.05) is 19.8 Å². The van der Waals surface area contributed by atoms with Gasteiger partial charge in [0, 0.05) is 13.2 Å². The highest BCUT2D eigenvalue weighted by molar-refractivity contribution is 9.10. The highest BCUT2D eigenvalue weighted by Gasteiger charge is 2.32. The third-order valence-corrected chi connectivity index (χ3v) is 3.58. The summed E-state index contributed by atoms with van der Waals surface area (Å²) in [6.07, 6.45) is -2.82. The lowest BCUT2D eigenvalue weighted by molar-refractivity contribution is -0.274. The van der Waals surface area contributed by atoms with Crippen molar-refractivity contribution < 1.29 is 27.4 Å². The van der Waals surface area contributed by atoms with Crippen LogP contribution in [0.1, 0.15) is 12.8 Å². The highest BCUT2D eigenvalue weighted by Crippen LogP contribution is 2.33. The van der Waals surface area contributed by atoms with E-state index >= 15 is 0 Å². The van der Waals surface area contributed by atoms with Gasteiger partial charge in [0.05, 0.1) is 11.1 Å². The normalized spacial score (nSPS) is 17.0. The minimum Gasteiger partial charge on any atom is -0.493 e. The molecule has 2 rings (SSSR count). The predicted octanol–water partition coefficient (Wildman–Crippen LogP) is 4.15. The van der Waals surface area contributed by atoms with Crippen LogP contribution in [-0.2, 0) is 4.74 Å². The molecule has 0 N–H and O–H groups in total. The second kappa shape index (κ2) is 6.67. The molecule has 1 aromatic rings. The summed E-state index contributed by atoms with van der Waals surface area (Å²) in [6.45, 7) is 2.00. The van der Waals surface area contributed by atoms with Crippen molar-refractivity contribution >= 4 is 15.9 Å². The molecule has 1 aliphatic heterocycles. The van der Waals surface area contributed by atoms with Crippen LogP contribution in [0.4, 0.5) is 13.2 Å². The molecular weight excluding hydrogens is 341 g/mol. The SMILES string of the molecule is FC(F)(F)Oc1ccc(OCC2CCOCC2)cc1Br. The van der Waals surface area contributed by atoms with E-state index in [2.05, 4.69) is 20.7 Å². The molecule has 0 aromatic heterocycles. The van der Waals surface area contributed by atoms with Gasteiger partial charge >= 0.3 is 6.36 Å². The van der Waals surface area contributed by atoms with Crippen molar-refractivity contribution in [3.8, 4) is 11.5 Å². The molecule has 1 aromatic carbocycles. The number of benzene rings is 1. The van der Waals surface area contributed by atoms with E-state index in [1.165, 1.54) is 18.2 Å². The molecule has 0 spiro atoms. The molecule has 0 amide bonds. The highest BCUT2D eigenvalue weighted by atomic mass is 79.9. The number of halogens is 4. The van der Waals surface area contributed by atoms with Crippen LogP contribution < -0.4 is 9.47 Å². The molecule has 0 saturated carbocycles. The maximum absolute atomic E-state index is 12.1. The number of hydrogen-bond acceptors (Lipinski definition) is 3. The first-order valence-corrected chi connectivity index (χ1v) is 6.99. The van der Waals surface area contributed by atoms with E-state index in [0.717, 1.165) is 26.1 Å². The number of rotatable bonds is 4. The van der Waals surface area contributed by atoms with Gasteiger partial charge in [0.1, 0.15) is 11.5 Å². The quantitative estimate of drug-likeness (QED) is 0.812. The molecule has 0 aliphatic carbocycles. The Labute approximate surface area is 123 Å². The Morgan fingerprint density at radius 1 is 1.25 bits per heavy atom. The van der Waals surface area contributed by atoms with Crippen molar-refractivity contribution in [2.45, 2.75) is 19.2 Å². The fourth-order valence-corrected chi connectivity index (χ4v) is 2.34. The monoisotopic (exact) mass is 354 g/mol. The standard InChI is InChI=1S/C13H14BrF3O3/c14-11-7-10(1-2-12(11)20-13(15,16)17)19-8-9-3-5-18-6-4-9/h1-2,7,9H,3-6,8H2. The van der Waals surface area contributed by atoms with E-state index in [-0.39, 0.29) is 10.2 Å². The summed E-state index contributed by atoms with van der Waals surface area (Å²) in [6, 6.07) is 4.17. The second-order valence-corrected chi connectivity index (χ2v) is 5.36. The van der Waals surface area contributed by atoms with Crippen LogP contribution in [0.3, 0.4) is 0 Å². The Balaban J connectivity index is 1.91. The first kappa shape index (κ1) is 15.4. The number of ether oxygens (including phenoxy) is 3. The van der Waals surface area contributed by atoms with Crippen LogP contribution in [0.25, 0.3) is 0 Å². The Kier molecular flexibility index (Phi) is 5.15. The smallest absolute Gasteiger partial charge is 0.493 e. The minimum atomic E-state index is -4.70. The van der Waals surface area contributed by atoms with Crippen LogP contribution in [0.5, 0.6) is 11.5 Å². The van der Waals surface area contributed by atoms with Gasteiger partial charge in [0.25, 0.3) is 0 Å². The van der Waals surface area contributed by atoms with E-state index in [1.807, 2.05) is 0 Å². The van der Waals surface area contributed by atoms with Gasteiger partial charge in [0.15, 0.2) is 0 Å². The van der Waals surface area contributed by atoms with Gasteiger partial charge < -0.3 is 14.2 Å². The van der Waals surface area contributed by atoms with E-state index in [0.29, 0.717) is 18.3 Å². The third-order valence-electron chi connectivity index (χ3n) is 2.96. The van der Waals surface area contributed by atoms with Gasteiger partial charge in [0.2, 0.25) is 0 Å². The van der Waals surface area contributed by atoms with E-state index in [4.69, 9.17) is 9.47 Å². The summed E-state index contributed by atoms with van der Waals surface area (Å²) >= 11 is 3.04. The lowest BCUT2D eigenvalue weighted by Gasteiger charge is -2.22. The largest absolute Gasteiger partial charge is 0.573 e. The molecule has 0 unspecified atom stereocenters. The molecule has 7 heteroatoms. The second-order valence-electron chi connectivity index (χ2n) is 4.51. The summed E-state index contributed by atoms with van der Waals surface area (Å²) in [5.41, 5.74) is 0. The fraction of sp³-hybridized carbons (Fsp3) is 0.538. The molecule has 0 atom stereocenters. The third kappa shape index (κ3) is 4.86. The van der Waals surface area contributed by atoms with Crippen LogP contribution in [0.15, 0.2) is 22.7 Å². The van der Waals surface area contributed by atoms with Gasteiger partial charge in [-0.25, -0.2) is 0 Å². The molecule has 3 nitrogen and oxygen atoms in total. The van der Waals surface area contributed by atoms with Crippen LogP contribution in [0, 0.1) is 5.92 Å². The van der Waals surface area contributed by atoms with Crippen molar-refractivity contribution in [3.63, 3.8) is 0 Å². The summed E-state index contributed by atoms with van der Waals surface area (Å²) in [4.78, 5) is 0. The summed E-state index contributed by atoms with van der Waals surface area (Å²) < 4.78 is 51.3. The summed E-state index contributed by atoms with van der Waals surface area (Å²) in [7, 11) is 0. The first-order valence-electron chi connectivity index (χ1n) is 6.20. The van der Waals surface area contributed by atoms with E-state index in [1.54, 1.807) is 0 Å². The topological polar surface area (TPSA) is 27.7 Å². The molecule has 112 valence electrons. The van der Waals surface area contributed by atoms with Crippen molar-refractivity contribution in [1.29, 1.82) is 0 Å². The Morgan fingerprint density at radius 3 is 2.55 bits per heavy atom. The molecule has 1 fully saturated rings. The van der Waals surface area contributed by atoms with E-state index < -0.39 is 6.36 Å². The average Bonchev–Trinajstić information content (AvgIpc) is 2.39. The molecule has 0 bridgehead atoms. The zero-order valence-corrected chi connectivity index (χ0v) is 12.2. The van der Waals surface area contributed by atoms with Crippen molar-refractivity contribution in [1.82, 2.24) is 0 Å². The zero-order valence-electron chi connectivity index (χ0n) is 10.6. The van der Waals surface area contributed by atoms with E-state index in [9.17, 15) is 13.2 Å². The Hall–Kier alpha value is -0.950. The van der Waals surface area contributed by atoms with Crippen LogP contribution in [-0.4, -0.2) is 26.2 Å². The van der Waals surface area contributed by atoms with Gasteiger partial charge in [-0.2, -0.15) is 0 Å². The lowest BCUT2D eigenvalue weighted by atomic mass is 10.0. The summed E-state index contributed by atoms with van der Waals surface area (Å²) in [5.74, 6) is 0.655. The molecule has 1 aliphatic rings. The molecule has 1 heterocycles. The molecular formula is C13H14BrF3O3. The Morgan fingerprint density at radius 2 is 1.95 bits per heavy atom.